The molecule has 0 amide bonds. The van der Waals surface area contributed by atoms with Gasteiger partial charge in [0.05, 0.1) is 0 Å². The molecule has 1 saturated heterocycles. The summed E-state index contributed by atoms with van der Waals surface area (Å²) in [5.41, 5.74) is 1.23. The van der Waals surface area contributed by atoms with Crippen LogP contribution in [0.5, 0.6) is 0 Å². The lowest BCUT2D eigenvalue weighted by atomic mass is 10.1. The van der Waals surface area contributed by atoms with E-state index < -0.39 is 11.3 Å². The number of para-hydroxylation sites is 1. The summed E-state index contributed by atoms with van der Waals surface area (Å²) < 4.78 is 22.0. The van der Waals surface area contributed by atoms with Crippen molar-refractivity contribution in [2.24, 2.45) is 0 Å². The van der Waals surface area contributed by atoms with E-state index in [9.17, 15) is 4.21 Å². The molecule has 1 atom stereocenters. The molecule has 5 heteroatoms. The molecule has 1 aromatic carbocycles. The molecule has 4 nitrogen and oxygen atoms in total. The second-order valence-corrected chi connectivity index (χ2v) is 4.70. The Hall–Kier alpha value is -0.910. The largest absolute Gasteiger partial charge is 0.371 e. The van der Waals surface area contributed by atoms with Crippen LogP contribution in [0, 0.1) is 0 Å². The van der Waals surface area contributed by atoms with Crippen molar-refractivity contribution in [2.75, 3.05) is 18.0 Å². The molecule has 2 N–H and O–H groups in total. The number of rotatable bonds is 3. The first kappa shape index (κ1) is 11.6. The molecule has 1 aliphatic rings. The van der Waals surface area contributed by atoms with Gasteiger partial charge in [0, 0.05) is 24.8 Å². The number of hydrogen-bond donors (Lipinski definition) is 2. The monoisotopic (exact) mass is 240 g/mol. The minimum Gasteiger partial charge on any atom is -0.371 e. The molecule has 1 unspecified atom stereocenters. The number of nitrogens with one attached hydrogen (secondary N) is 1. The zero-order valence-corrected chi connectivity index (χ0v) is 9.82. The third kappa shape index (κ3) is 3.04. The number of benzene rings is 1. The zero-order chi connectivity index (χ0) is 11.4. The lowest BCUT2D eigenvalue weighted by molar-refractivity contribution is 0.452. The molecule has 0 radical (unpaired) electrons. The maximum Gasteiger partial charge on any atom is 0.231 e. The molecule has 0 aromatic heterocycles. The van der Waals surface area contributed by atoms with Gasteiger partial charge in [-0.15, -0.1) is 0 Å². The average molecular weight is 240 g/mol. The molecule has 1 aliphatic heterocycles. The van der Waals surface area contributed by atoms with E-state index in [1.807, 2.05) is 18.2 Å². The van der Waals surface area contributed by atoms with Gasteiger partial charge in [-0.1, -0.05) is 18.2 Å². The smallest absolute Gasteiger partial charge is 0.231 e. The highest BCUT2D eigenvalue weighted by molar-refractivity contribution is 7.77. The van der Waals surface area contributed by atoms with Gasteiger partial charge in [0.1, 0.15) is 0 Å². The van der Waals surface area contributed by atoms with Gasteiger partial charge in [0.15, 0.2) is 0 Å². The number of hydrogen-bond acceptors (Lipinski definition) is 2. The van der Waals surface area contributed by atoms with E-state index in [1.54, 1.807) is 0 Å². The fourth-order valence-electron chi connectivity index (χ4n) is 2.04. The predicted molar refractivity (Wildman–Crippen MR) is 65.6 cm³/mol. The summed E-state index contributed by atoms with van der Waals surface area (Å²) in [6.07, 6.45) is 1.81. The first-order chi connectivity index (χ1) is 7.75. The van der Waals surface area contributed by atoms with Gasteiger partial charge in [-0.3, -0.25) is 4.55 Å². The Morgan fingerprint density at radius 3 is 2.44 bits per heavy atom. The van der Waals surface area contributed by atoms with E-state index in [0.717, 1.165) is 25.9 Å². The van der Waals surface area contributed by atoms with Crippen LogP contribution in [0.4, 0.5) is 5.69 Å². The van der Waals surface area contributed by atoms with Gasteiger partial charge in [0.25, 0.3) is 0 Å². The van der Waals surface area contributed by atoms with Crippen LogP contribution in [-0.4, -0.2) is 27.9 Å². The molecule has 0 aliphatic carbocycles. The highest BCUT2D eigenvalue weighted by Gasteiger charge is 2.19. The van der Waals surface area contributed by atoms with Crippen molar-refractivity contribution in [3.8, 4) is 0 Å². The van der Waals surface area contributed by atoms with Gasteiger partial charge in [0.2, 0.25) is 11.3 Å². The maximum atomic E-state index is 10.6. The lowest BCUT2D eigenvalue weighted by Crippen LogP contribution is -2.42. The second-order valence-electron chi connectivity index (χ2n) is 3.96. The van der Waals surface area contributed by atoms with E-state index in [-0.39, 0.29) is 6.04 Å². The lowest BCUT2D eigenvalue weighted by Gasteiger charge is -2.33. The SMILES string of the molecule is O=S(O)NC1CCN(c2ccccc2)CC1. The van der Waals surface area contributed by atoms with Gasteiger partial charge in [-0.25, -0.2) is 8.93 Å². The maximum absolute atomic E-state index is 10.6. The van der Waals surface area contributed by atoms with Crippen molar-refractivity contribution in [2.45, 2.75) is 18.9 Å². The summed E-state index contributed by atoms with van der Waals surface area (Å²) in [5, 5.41) is 0. The van der Waals surface area contributed by atoms with Crippen LogP contribution in [0.25, 0.3) is 0 Å². The minimum absolute atomic E-state index is 0.158. The van der Waals surface area contributed by atoms with Crippen molar-refractivity contribution in [3.63, 3.8) is 0 Å². The molecule has 0 spiro atoms. The quantitative estimate of drug-likeness (QED) is 0.785. The summed E-state index contributed by atoms with van der Waals surface area (Å²) in [6, 6.07) is 10.4. The van der Waals surface area contributed by atoms with Crippen molar-refractivity contribution >= 4 is 17.0 Å². The van der Waals surface area contributed by atoms with Crippen LogP contribution in [0.1, 0.15) is 12.8 Å². The molecule has 88 valence electrons. The summed E-state index contributed by atoms with van der Waals surface area (Å²) in [6.45, 7) is 1.86. The third-order valence-corrected chi connectivity index (χ3v) is 3.42. The summed E-state index contributed by atoms with van der Waals surface area (Å²) in [5.74, 6) is 0. The average Bonchev–Trinajstić information content (AvgIpc) is 2.30. The first-order valence-corrected chi connectivity index (χ1v) is 6.53. The van der Waals surface area contributed by atoms with Gasteiger partial charge < -0.3 is 4.90 Å². The molecule has 0 bridgehead atoms. The Bertz CT molecular complexity index is 350. The van der Waals surface area contributed by atoms with Crippen molar-refractivity contribution in [1.82, 2.24) is 4.72 Å². The molecule has 1 aromatic rings. The fraction of sp³-hybridized carbons (Fsp3) is 0.455. The Morgan fingerprint density at radius 2 is 1.88 bits per heavy atom. The Morgan fingerprint density at radius 1 is 1.25 bits per heavy atom. The zero-order valence-electron chi connectivity index (χ0n) is 9.00. The normalized spacial score (nSPS) is 19.7. The minimum atomic E-state index is -1.89. The molecule has 0 saturated carbocycles. The fourth-order valence-corrected chi connectivity index (χ4v) is 2.56. The number of anilines is 1. The number of piperidine rings is 1. The van der Waals surface area contributed by atoms with Crippen LogP contribution in [0.2, 0.25) is 0 Å². The first-order valence-electron chi connectivity index (χ1n) is 5.43. The predicted octanol–water partition coefficient (Wildman–Crippen LogP) is 1.38. The van der Waals surface area contributed by atoms with Crippen LogP contribution >= 0.6 is 0 Å². The Balaban J connectivity index is 1.88. The Labute approximate surface area is 98.1 Å². The Kier molecular flexibility index (Phi) is 3.93. The van der Waals surface area contributed by atoms with Crippen LogP contribution in [-0.2, 0) is 11.3 Å². The van der Waals surface area contributed by atoms with Crippen molar-refractivity contribution in [1.29, 1.82) is 0 Å². The highest BCUT2D eigenvalue weighted by atomic mass is 32.2. The molecular weight excluding hydrogens is 224 g/mol. The van der Waals surface area contributed by atoms with E-state index >= 15 is 0 Å². The van der Waals surface area contributed by atoms with Gasteiger partial charge in [-0.2, -0.15) is 0 Å². The molecule has 16 heavy (non-hydrogen) atoms. The highest BCUT2D eigenvalue weighted by Crippen LogP contribution is 2.19. The molecular formula is C11H16N2O2S. The molecule has 1 fully saturated rings. The molecule has 1 heterocycles. The van der Waals surface area contributed by atoms with Gasteiger partial charge in [-0.05, 0) is 25.0 Å². The third-order valence-electron chi connectivity index (χ3n) is 2.88. The molecule has 2 rings (SSSR count). The summed E-state index contributed by atoms with van der Waals surface area (Å²) in [4.78, 5) is 2.30. The van der Waals surface area contributed by atoms with Crippen LogP contribution < -0.4 is 9.62 Å². The standard InChI is InChI=1S/C11H16N2O2S/c14-16(15)12-10-6-8-13(9-7-10)11-4-2-1-3-5-11/h1-5,10,12H,6-9H2,(H,14,15). The van der Waals surface area contributed by atoms with Gasteiger partial charge >= 0.3 is 0 Å². The number of nitrogens with zero attached hydrogens (tertiary/aromatic N) is 1. The van der Waals surface area contributed by atoms with Crippen molar-refractivity contribution < 1.29 is 8.76 Å². The second kappa shape index (κ2) is 5.43. The van der Waals surface area contributed by atoms with Crippen LogP contribution in [0.3, 0.4) is 0 Å². The van der Waals surface area contributed by atoms with E-state index in [2.05, 4.69) is 21.8 Å². The van der Waals surface area contributed by atoms with E-state index in [0.29, 0.717) is 0 Å². The van der Waals surface area contributed by atoms with Crippen molar-refractivity contribution in [3.05, 3.63) is 30.3 Å². The van der Waals surface area contributed by atoms with E-state index in [1.165, 1.54) is 5.69 Å². The van der Waals surface area contributed by atoms with E-state index in [4.69, 9.17) is 4.55 Å². The summed E-state index contributed by atoms with van der Waals surface area (Å²) in [7, 11) is 0. The topological polar surface area (TPSA) is 52.6 Å². The summed E-state index contributed by atoms with van der Waals surface area (Å²) >= 11 is -1.89. The van der Waals surface area contributed by atoms with Crippen LogP contribution in [0.15, 0.2) is 30.3 Å².